The summed E-state index contributed by atoms with van der Waals surface area (Å²) < 4.78 is 0. The van der Waals surface area contributed by atoms with E-state index >= 15 is 0 Å². The van der Waals surface area contributed by atoms with Gasteiger partial charge in [-0.05, 0) is 37.4 Å². The average Bonchev–Trinajstić information content (AvgIpc) is 2.96. The van der Waals surface area contributed by atoms with Gasteiger partial charge in [0.1, 0.15) is 0 Å². The molecule has 1 aliphatic heterocycles. The van der Waals surface area contributed by atoms with Crippen molar-refractivity contribution in [3.05, 3.63) is 21.9 Å². The summed E-state index contributed by atoms with van der Waals surface area (Å²) in [7, 11) is 0. The molecule has 1 atom stereocenters. The summed E-state index contributed by atoms with van der Waals surface area (Å²) >= 11 is 1.80. The highest BCUT2D eigenvalue weighted by Crippen LogP contribution is 2.27. The van der Waals surface area contributed by atoms with Gasteiger partial charge < -0.3 is 5.73 Å². The summed E-state index contributed by atoms with van der Waals surface area (Å²) in [5.41, 5.74) is 5.39. The summed E-state index contributed by atoms with van der Waals surface area (Å²) in [6.07, 6.45) is 2.69. The first-order valence-electron chi connectivity index (χ1n) is 6.72. The second kappa shape index (κ2) is 6.38. The van der Waals surface area contributed by atoms with Crippen molar-refractivity contribution in [3.63, 3.8) is 0 Å². The highest BCUT2D eigenvalue weighted by molar-refractivity contribution is 7.12. The monoisotopic (exact) mass is 262 g/mol. The van der Waals surface area contributed by atoms with E-state index in [-0.39, 0.29) is 0 Å². The van der Waals surface area contributed by atoms with Crippen molar-refractivity contribution in [2.45, 2.75) is 39.3 Å². The van der Waals surface area contributed by atoms with Gasteiger partial charge in [-0.1, -0.05) is 25.7 Å². The van der Waals surface area contributed by atoms with Gasteiger partial charge in [0, 0.05) is 17.5 Å². The molecule has 0 aromatic carbocycles. The van der Waals surface area contributed by atoms with Crippen LogP contribution in [0.15, 0.2) is 12.1 Å². The number of rotatable bonds is 3. The quantitative estimate of drug-likeness (QED) is 0.849. The van der Waals surface area contributed by atoms with Crippen LogP contribution in [0.25, 0.3) is 0 Å². The van der Waals surface area contributed by atoms with Gasteiger partial charge in [0.05, 0.1) is 11.4 Å². The minimum atomic E-state index is 0.439. The third kappa shape index (κ3) is 3.35. The van der Waals surface area contributed by atoms with Crippen LogP contribution in [0.3, 0.4) is 0 Å². The van der Waals surface area contributed by atoms with Crippen LogP contribution < -0.4 is 5.73 Å². The zero-order chi connectivity index (χ0) is 13.0. The average molecular weight is 262 g/mol. The standard InChI is InChI=1S/C15H22N2S/c1-12(2)15-6-4-10-17(15)11-14-8-7-13(18-14)5-3-9-16/h7-8,12,15H,4,6,9-11,16H2,1-2H3. The molecule has 1 fully saturated rings. The number of nitrogens with two attached hydrogens (primary N) is 1. The summed E-state index contributed by atoms with van der Waals surface area (Å²) in [6.45, 7) is 7.42. The summed E-state index contributed by atoms with van der Waals surface area (Å²) in [6, 6.07) is 5.08. The van der Waals surface area contributed by atoms with E-state index in [4.69, 9.17) is 5.73 Å². The second-order valence-electron chi connectivity index (χ2n) is 5.20. The van der Waals surface area contributed by atoms with Crippen molar-refractivity contribution in [3.8, 4) is 11.8 Å². The van der Waals surface area contributed by atoms with Crippen molar-refractivity contribution in [2.24, 2.45) is 11.7 Å². The van der Waals surface area contributed by atoms with Gasteiger partial charge in [-0.2, -0.15) is 0 Å². The Kier molecular flexibility index (Phi) is 4.82. The van der Waals surface area contributed by atoms with Crippen LogP contribution in [-0.2, 0) is 6.54 Å². The van der Waals surface area contributed by atoms with Gasteiger partial charge >= 0.3 is 0 Å². The van der Waals surface area contributed by atoms with Gasteiger partial charge in [-0.15, -0.1) is 11.3 Å². The molecular formula is C15H22N2S. The van der Waals surface area contributed by atoms with Crippen LogP contribution in [-0.4, -0.2) is 24.0 Å². The molecule has 2 rings (SSSR count). The van der Waals surface area contributed by atoms with Gasteiger partial charge in [-0.3, -0.25) is 4.90 Å². The molecule has 2 N–H and O–H groups in total. The molecule has 3 heteroatoms. The summed E-state index contributed by atoms with van der Waals surface area (Å²) in [5, 5.41) is 0. The van der Waals surface area contributed by atoms with Crippen molar-refractivity contribution in [2.75, 3.05) is 13.1 Å². The lowest BCUT2D eigenvalue weighted by Gasteiger charge is -2.26. The highest BCUT2D eigenvalue weighted by Gasteiger charge is 2.26. The fourth-order valence-corrected chi connectivity index (χ4v) is 3.58. The van der Waals surface area contributed by atoms with Gasteiger partial charge in [0.25, 0.3) is 0 Å². The van der Waals surface area contributed by atoms with Gasteiger partial charge in [0.15, 0.2) is 0 Å². The van der Waals surface area contributed by atoms with E-state index in [0.29, 0.717) is 6.54 Å². The smallest absolute Gasteiger partial charge is 0.0772 e. The molecule has 2 heterocycles. The molecule has 1 unspecified atom stereocenters. The molecule has 1 saturated heterocycles. The van der Waals surface area contributed by atoms with Crippen LogP contribution in [0.5, 0.6) is 0 Å². The topological polar surface area (TPSA) is 29.3 Å². The minimum absolute atomic E-state index is 0.439. The summed E-state index contributed by atoms with van der Waals surface area (Å²) in [5.74, 6) is 6.78. The molecular weight excluding hydrogens is 240 g/mol. The van der Waals surface area contributed by atoms with E-state index in [9.17, 15) is 0 Å². The molecule has 0 radical (unpaired) electrons. The van der Waals surface area contributed by atoms with E-state index in [1.54, 1.807) is 11.3 Å². The molecule has 0 amide bonds. The Hall–Kier alpha value is -0.820. The van der Waals surface area contributed by atoms with Crippen LogP contribution in [0.2, 0.25) is 0 Å². The maximum absolute atomic E-state index is 5.39. The maximum atomic E-state index is 5.39. The van der Waals surface area contributed by atoms with E-state index in [1.807, 2.05) is 0 Å². The Morgan fingerprint density at radius 3 is 3.06 bits per heavy atom. The van der Waals surface area contributed by atoms with Crippen LogP contribution in [0.1, 0.15) is 36.4 Å². The first-order chi connectivity index (χ1) is 8.70. The summed E-state index contributed by atoms with van der Waals surface area (Å²) in [4.78, 5) is 5.18. The van der Waals surface area contributed by atoms with E-state index < -0.39 is 0 Å². The lowest BCUT2D eigenvalue weighted by molar-refractivity contribution is 0.200. The fraction of sp³-hybridized carbons (Fsp3) is 0.600. The lowest BCUT2D eigenvalue weighted by Crippen LogP contribution is -2.32. The molecule has 0 aliphatic carbocycles. The van der Waals surface area contributed by atoms with Crippen LogP contribution in [0.4, 0.5) is 0 Å². The van der Waals surface area contributed by atoms with Crippen molar-refractivity contribution < 1.29 is 0 Å². The van der Waals surface area contributed by atoms with E-state index in [2.05, 4.69) is 42.7 Å². The molecule has 98 valence electrons. The third-order valence-corrected chi connectivity index (χ3v) is 4.50. The minimum Gasteiger partial charge on any atom is -0.320 e. The molecule has 1 aliphatic rings. The number of nitrogens with zero attached hydrogens (tertiary/aromatic N) is 1. The van der Waals surface area contributed by atoms with E-state index in [0.717, 1.165) is 23.4 Å². The predicted molar refractivity (Wildman–Crippen MR) is 78.5 cm³/mol. The molecule has 0 saturated carbocycles. The Balaban J connectivity index is 1.98. The number of thiophene rings is 1. The first kappa shape index (κ1) is 13.6. The Labute approximate surface area is 114 Å². The Morgan fingerprint density at radius 2 is 2.33 bits per heavy atom. The van der Waals surface area contributed by atoms with Crippen molar-refractivity contribution in [1.29, 1.82) is 0 Å². The Bertz CT molecular complexity index is 439. The fourth-order valence-electron chi connectivity index (χ4n) is 2.67. The lowest BCUT2D eigenvalue weighted by atomic mass is 10.0. The largest absolute Gasteiger partial charge is 0.320 e. The normalized spacial score (nSPS) is 20.1. The third-order valence-electron chi connectivity index (χ3n) is 3.52. The molecule has 0 spiro atoms. The first-order valence-corrected chi connectivity index (χ1v) is 7.54. The predicted octanol–water partition coefficient (Wildman–Crippen LogP) is 2.68. The van der Waals surface area contributed by atoms with E-state index in [1.165, 1.54) is 24.3 Å². The van der Waals surface area contributed by atoms with Gasteiger partial charge in [-0.25, -0.2) is 0 Å². The molecule has 2 nitrogen and oxygen atoms in total. The number of hydrogen-bond acceptors (Lipinski definition) is 3. The second-order valence-corrected chi connectivity index (χ2v) is 6.36. The van der Waals surface area contributed by atoms with Crippen molar-refractivity contribution in [1.82, 2.24) is 4.90 Å². The molecule has 1 aromatic rings. The molecule has 1 aromatic heterocycles. The van der Waals surface area contributed by atoms with Crippen molar-refractivity contribution >= 4 is 11.3 Å². The number of hydrogen-bond donors (Lipinski definition) is 1. The molecule has 0 bridgehead atoms. The molecule has 18 heavy (non-hydrogen) atoms. The van der Waals surface area contributed by atoms with Crippen LogP contribution in [0, 0.1) is 17.8 Å². The zero-order valence-corrected chi connectivity index (χ0v) is 12.1. The number of likely N-dealkylation sites (tertiary alicyclic amines) is 1. The van der Waals surface area contributed by atoms with Gasteiger partial charge in [0.2, 0.25) is 0 Å². The highest BCUT2D eigenvalue weighted by atomic mass is 32.1. The Morgan fingerprint density at radius 1 is 1.50 bits per heavy atom. The maximum Gasteiger partial charge on any atom is 0.0772 e. The van der Waals surface area contributed by atoms with Crippen LogP contribution >= 0.6 is 11.3 Å². The SMILES string of the molecule is CC(C)C1CCCN1Cc1ccc(C#CCN)s1. The zero-order valence-electron chi connectivity index (χ0n) is 11.3.